The molecule has 6 heteroatoms. The van der Waals surface area contributed by atoms with Crippen molar-refractivity contribution in [2.75, 3.05) is 0 Å². The zero-order chi connectivity index (χ0) is 19.3. The Kier molecular flexibility index (Phi) is 3.91. The lowest BCUT2D eigenvalue weighted by atomic mass is 9.82. The predicted molar refractivity (Wildman–Crippen MR) is 99.1 cm³/mol. The smallest absolute Gasteiger partial charge is 0.311 e. The number of hydrogen-bond acceptors (Lipinski definition) is 6. The zero-order valence-electron chi connectivity index (χ0n) is 14.9. The Morgan fingerprint density at radius 1 is 1.07 bits per heavy atom. The van der Waals surface area contributed by atoms with E-state index in [9.17, 15) is 19.8 Å². The Morgan fingerprint density at radius 2 is 1.78 bits per heavy atom. The van der Waals surface area contributed by atoms with Crippen LogP contribution in [0.1, 0.15) is 31.7 Å². The predicted octanol–water partition coefficient (Wildman–Crippen LogP) is 3.92. The molecule has 0 saturated carbocycles. The molecule has 1 aliphatic heterocycles. The van der Waals surface area contributed by atoms with Gasteiger partial charge in [-0.1, -0.05) is 44.2 Å². The Hall–Kier alpha value is -3.28. The van der Waals surface area contributed by atoms with E-state index in [1.54, 1.807) is 12.1 Å². The number of rotatable bonds is 2. The van der Waals surface area contributed by atoms with Gasteiger partial charge in [0.05, 0.1) is 6.42 Å². The Labute approximate surface area is 154 Å². The van der Waals surface area contributed by atoms with Crippen LogP contribution in [0.25, 0.3) is 22.3 Å². The number of esters is 1. The van der Waals surface area contributed by atoms with Gasteiger partial charge in [-0.05, 0) is 5.92 Å². The average molecular weight is 366 g/mol. The summed E-state index contributed by atoms with van der Waals surface area (Å²) in [5, 5.41) is 20.6. The molecule has 2 aromatic carbocycles. The van der Waals surface area contributed by atoms with E-state index in [1.807, 2.05) is 32.0 Å². The highest BCUT2D eigenvalue weighted by atomic mass is 16.5. The average Bonchev–Trinajstić information content (AvgIpc) is 2.65. The van der Waals surface area contributed by atoms with Crippen molar-refractivity contribution in [2.24, 2.45) is 5.92 Å². The van der Waals surface area contributed by atoms with Gasteiger partial charge in [0.25, 0.3) is 0 Å². The third-order valence-electron chi connectivity index (χ3n) is 4.95. The molecule has 0 saturated heterocycles. The molecule has 0 radical (unpaired) electrons. The summed E-state index contributed by atoms with van der Waals surface area (Å²) in [5.74, 6) is -1.86. The second kappa shape index (κ2) is 6.16. The molecule has 1 unspecified atom stereocenters. The van der Waals surface area contributed by atoms with Gasteiger partial charge in [-0.25, -0.2) is 0 Å². The summed E-state index contributed by atoms with van der Waals surface area (Å²) < 4.78 is 11.2. The van der Waals surface area contributed by atoms with Crippen LogP contribution in [0.5, 0.6) is 17.2 Å². The highest BCUT2D eigenvalue weighted by molar-refractivity contribution is 5.95. The van der Waals surface area contributed by atoms with Crippen LogP contribution in [0, 0.1) is 5.92 Å². The second-order valence-electron chi connectivity index (χ2n) is 7.01. The van der Waals surface area contributed by atoms with E-state index in [0.29, 0.717) is 16.9 Å². The fourth-order valence-corrected chi connectivity index (χ4v) is 3.55. The first-order valence-electron chi connectivity index (χ1n) is 8.70. The molecule has 1 aliphatic rings. The molecular formula is C21H18O6. The molecule has 0 fully saturated rings. The lowest BCUT2D eigenvalue weighted by Gasteiger charge is -2.28. The van der Waals surface area contributed by atoms with Gasteiger partial charge >= 0.3 is 5.97 Å². The number of carbonyl (C=O) groups excluding carboxylic acids is 1. The maximum Gasteiger partial charge on any atom is 0.311 e. The summed E-state index contributed by atoms with van der Waals surface area (Å²) >= 11 is 0. The molecule has 1 atom stereocenters. The van der Waals surface area contributed by atoms with E-state index < -0.39 is 22.9 Å². The molecule has 2 N–H and O–H groups in total. The molecule has 4 rings (SSSR count). The number of hydrogen-bond donors (Lipinski definition) is 2. The summed E-state index contributed by atoms with van der Waals surface area (Å²) in [5.41, 5.74) is 0.791. The fourth-order valence-electron chi connectivity index (χ4n) is 3.55. The maximum absolute atomic E-state index is 12.7. The van der Waals surface area contributed by atoms with E-state index in [1.165, 1.54) is 6.07 Å². The lowest BCUT2D eigenvalue weighted by molar-refractivity contribution is -0.136. The van der Waals surface area contributed by atoms with Gasteiger partial charge in [-0.15, -0.1) is 0 Å². The number of benzene rings is 2. The van der Waals surface area contributed by atoms with E-state index in [2.05, 4.69) is 0 Å². The minimum Gasteiger partial charge on any atom is -0.504 e. The van der Waals surface area contributed by atoms with E-state index in [4.69, 9.17) is 9.15 Å². The van der Waals surface area contributed by atoms with E-state index in [-0.39, 0.29) is 35.0 Å². The first kappa shape index (κ1) is 17.1. The molecule has 2 heterocycles. The maximum atomic E-state index is 12.7. The van der Waals surface area contributed by atoms with Gasteiger partial charge in [0, 0.05) is 23.1 Å². The van der Waals surface area contributed by atoms with Gasteiger partial charge < -0.3 is 19.4 Å². The molecule has 1 aromatic heterocycles. The van der Waals surface area contributed by atoms with Crippen LogP contribution < -0.4 is 10.2 Å². The molecule has 138 valence electrons. The van der Waals surface area contributed by atoms with Crippen LogP contribution in [-0.2, 0) is 4.79 Å². The summed E-state index contributed by atoms with van der Waals surface area (Å²) in [6, 6.07) is 10.4. The van der Waals surface area contributed by atoms with Crippen molar-refractivity contribution in [3.8, 4) is 28.6 Å². The quantitative estimate of drug-likeness (QED) is 0.405. The van der Waals surface area contributed by atoms with Crippen LogP contribution >= 0.6 is 0 Å². The SMILES string of the molecule is CC(C)C1CC(=O)Oc2c(O)c(O)c3c(=O)cc(-c4ccccc4)oc3c21. The van der Waals surface area contributed by atoms with Crippen LogP contribution in [0.15, 0.2) is 45.6 Å². The van der Waals surface area contributed by atoms with Crippen molar-refractivity contribution in [2.45, 2.75) is 26.2 Å². The lowest BCUT2D eigenvalue weighted by Crippen LogP contribution is -2.24. The van der Waals surface area contributed by atoms with Gasteiger partial charge in [0.1, 0.15) is 16.7 Å². The Balaban J connectivity index is 2.13. The first-order chi connectivity index (χ1) is 12.9. The topological polar surface area (TPSA) is 97.0 Å². The van der Waals surface area contributed by atoms with Crippen molar-refractivity contribution >= 4 is 16.9 Å². The summed E-state index contributed by atoms with van der Waals surface area (Å²) in [4.78, 5) is 24.7. The highest BCUT2D eigenvalue weighted by Crippen LogP contribution is 2.52. The first-order valence-corrected chi connectivity index (χ1v) is 8.70. The number of phenolic OH excluding ortho intramolecular Hbond substituents is 2. The third kappa shape index (κ3) is 2.65. The molecule has 6 nitrogen and oxygen atoms in total. The van der Waals surface area contributed by atoms with Gasteiger partial charge in [-0.2, -0.15) is 0 Å². The molecule has 27 heavy (non-hydrogen) atoms. The van der Waals surface area contributed by atoms with Crippen molar-refractivity contribution in [1.29, 1.82) is 0 Å². The molecule has 3 aromatic rings. The Morgan fingerprint density at radius 3 is 2.44 bits per heavy atom. The molecule has 0 bridgehead atoms. The van der Waals surface area contributed by atoms with Crippen LogP contribution in [-0.4, -0.2) is 16.2 Å². The van der Waals surface area contributed by atoms with Crippen LogP contribution in [0.2, 0.25) is 0 Å². The van der Waals surface area contributed by atoms with E-state index >= 15 is 0 Å². The Bertz CT molecular complexity index is 1110. The van der Waals surface area contributed by atoms with Crippen molar-refractivity contribution in [3.05, 3.63) is 52.2 Å². The van der Waals surface area contributed by atoms with Crippen molar-refractivity contribution in [3.63, 3.8) is 0 Å². The molecule has 0 spiro atoms. The molecular weight excluding hydrogens is 348 g/mol. The van der Waals surface area contributed by atoms with Crippen molar-refractivity contribution in [1.82, 2.24) is 0 Å². The fraction of sp³-hybridized carbons (Fsp3) is 0.238. The normalized spacial score (nSPS) is 16.4. The minimum absolute atomic E-state index is 0.0226. The van der Waals surface area contributed by atoms with Crippen LogP contribution in [0.4, 0.5) is 0 Å². The van der Waals surface area contributed by atoms with Crippen LogP contribution in [0.3, 0.4) is 0 Å². The summed E-state index contributed by atoms with van der Waals surface area (Å²) in [7, 11) is 0. The summed E-state index contributed by atoms with van der Waals surface area (Å²) in [6.07, 6.45) is 0.100. The third-order valence-corrected chi connectivity index (χ3v) is 4.95. The highest BCUT2D eigenvalue weighted by Gasteiger charge is 2.37. The standard InChI is InChI=1S/C21H18O6/c1-10(2)12-8-15(23)27-21-16(12)20-17(18(24)19(21)25)13(22)9-14(26-20)11-6-4-3-5-7-11/h3-7,9-10,12,24-25H,8H2,1-2H3. The van der Waals surface area contributed by atoms with E-state index in [0.717, 1.165) is 0 Å². The van der Waals surface area contributed by atoms with Gasteiger partial charge in [0.15, 0.2) is 16.9 Å². The summed E-state index contributed by atoms with van der Waals surface area (Å²) in [6.45, 7) is 3.86. The number of aromatic hydroxyl groups is 2. The second-order valence-corrected chi connectivity index (χ2v) is 7.01. The minimum atomic E-state index is -0.644. The van der Waals surface area contributed by atoms with Crippen molar-refractivity contribution < 1.29 is 24.2 Å². The number of ether oxygens (including phenoxy) is 1. The largest absolute Gasteiger partial charge is 0.504 e. The van der Waals surface area contributed by atoms with Gasteiger partial charge in [-0.3, -0.25) is 9.59 Å². The number of fused-ring (bicyclic) bond motifs is 3. The molecule has 0 aliphatic carbocycles. The monoisotopic (exact) mass is 366 g/mol. The molecule has 0 amide bonds. The van der Waals surface area contributed by atoms with Gasteiger partial charge in [0.2, 0.25) is 5.75 Å². The number of phenols is 2. The number of carbonyl (C=O) groups is 1. The zero-order valence-corrected chi connectivity index (χ0v) is 14.9.